The molecule has 23 heavy (non-hydrogen) atoms. The molecule has 5 nitrogen and oxygen atoms in total. The van der Waals surface area contributed by atoms with Gasteiger partial charge in [-0.3, -0.25) is 20.4 Å². The highest BCUT2D eigenvalue weighted by Crippen LogP contribution is 2.10. The van der Waals surface area contributed by atoms with Crippen LogP contribution in [-0.2, 0) is 11.2 Å². The molecular weight excluding hydrogens is 292 g/mol. The van der Waals surface area contributed by atoms with Crippen molar-refractivity contribution in [3.63, 3.8) is 0 Å². The molecule has 2 amide bonds. The van der Waals surface area contributed by atoms with Crippen LogP contribution in [0, 0.1) is 6.92 Å². The highest BCUT2D eigenvalue weighted by atomic mass is 16.5. The molecule has 0 saturated heterocycles. The fourth-order valence-electron chi connectivity index (χ4n) is 1.91. The number of amides is 2. The first-order valence-electron chi connectivity index (χ1n) is 7.46. The van der Waals surface area contributed by atoms with Crippen molar-refractivity contribution in [3.8, 4) is 5.75 Å². The summed E-state index contributed by atoms with van der Waals surface area (Å²) in [4.78, 5) is 23.6. The van der Waals surface area contributed by atoms with Gasteiger partial charge in [0.1, 0.15) is 5.75 Å². The van der Waals surface area contributed by atoms with Crippen molar-refractivity contribution in [2.75, 3.05) is 6.61 Å². The van der Waals surface area contributed by atoms with Crippen LogP contribution in [0.3, 0.4) is 0 Å². The second-order valence-corrected chi connectivity index (χ2v) is 5.15. The highest BCUT2D eigenvalue weighted by molar-refractivity contribution is 5.95. The Balaban J connectivity index is 1.76. The summed E-state index contributed by atoms with van der Waals surface area (Å²) in [5, 5.41) is 0. The van der Waals surface area contributed by atoms with Crippen LogP contribution in [-0.4, -0.2) is 18.4 Å². The lowest BCUT2D eigenvalue weighted by Crippen LogP contribution is -2.43. The first-order chi connectivity index (χ1) is 11.1. The van der Waals surface area contributed by atoms with Crippen LogP contribution in [0.5, 0.6) is 5.75 Å². The van der Waals surface area contributed by atoms with Gasteiger partial charge >= 0.3 is 0 Å². The molecule has 0 saturated carbocycles. The van der Waals surface area contributed by atoms with E-state index in [4.69, 9.17) is 4.74 Å². The number of aryl methyl sites for hydroxylation is 2. The molecule has 2 aromatic carbocycles. The monoisotopic (exact) mass is 312 g/mol. The zero-order chi connectivity index (χ0) is 16.7. The average molecular weight is 312 g/mol. The van der Waals surface area contributed by atoms with Crippen molar-refractivity contribution in [1.82, 2.24) is 10.9 Å². The van der Waals surface area contributed by atoms with Crippen LogP contribution in [0.1, 0.15) is 28.4 Å². The van der Waals surface area contributed by atoms with E-state index in [1.54, 1.807) is 24.3 Å². The maximum absolute atomic E-state index is 11.9. The fourth-order valence-corrected chi connectivity index (χ4v) is 1.91. The lowest BCUT2D eigenvalue weighted by Gasteiger charge is -2.09. The predicted octanol–water partition coefficient (Wildman–Crippen LogP) is 2.40. The Bertz CT molecular complexity index is 664. The van der Waals surface area contributed by atoms with Gasteiger partial charge in [-0.1, -0.05) is 36.8 Å². The predicted molar refractivity (Wildman–Crippen MR) is 88.1 cm³/mol. The molecule has 0 unspecified atom stereocenters. The smallest absolute Gasteiger partial charge is 0.276 e. The molecule has 0 bridgehead atoms. The Morgan fingerprint density at radius 1 is 0.957 bits per heavy atom. The van der Waals surface area contributed by atoms with Gasteiger partial charge in [-0.05, 0) is 43.2 Å². The molecule has 0 spiro atoms. The number of hydrogen-bond acceptors (Lipinski definition) is 3. The van der Waals surface area contributed by atoms with Gasteiger partial charge in [0.2, 0.25) is 0 Å². The summed E-state index contributed by atoms with van der Waals surface area (Å²) in [6.07, 6.45) is 0.912. The minimum absolute atomic E-state index is 0.169. The van der Waals surface area contributed by atoms with Crippen molar-refractivity contribution in [2.45, 2.75) is 20.3 Å². The van der Waals surface area contributed by atoms with Gasteiger partial charge in [0.05, 0.1) is 0 Å². The van der Waals surface area contributed by atoms with E-state index in [2.05, 4.69) is 10.9 Å². The summed E-state index contributed by atoms with van der Waals surface area (Å²) < 4.78 is 5.33. The summed E-state index contributed by atoms with van der Waals surface area (Å²) in [5.41, 5.74) is 7.44. The van der Waals surface area contributed by atoms with Crippen molar-refractivity contribution in [2.24, 2.45) is 0 Å². The normalized spacial score (nSPS) is 10.0. The van der Waals surface area contributed by atoms with Crippen LogP contribution in [0.2, 0.25) is 0 Å². The number of hydrazine groups is 1. The quantitative estimate of drug-likeness (QED) is 0.833. The van der Waals surface area contributed by atoms with E-state index in [1.807, 2.05) is 38.1 Å². The van der Waals surface area contributed by atoms with E-state index in [1.165, 1.54) is 0 Å². The van der Waals surface area contributed by atoms with Crippen LogP contribution in [0.15, 0.2) is 48.5 Å². The van der Waals surface area contributed by atoms with E-state index in [-0.39, 0.29) is 12.5 Å². The maximum atomic E-state index is 11.9. The molecule has 0 radical (unpaired) electrons. The number of hydrogen-bond donors (Lipinski definition) is 2. The Hall–Kier alpha value is -2.82. The third-order valence-corrected chi connectivity index (χ3v) is 3.33. The third kappa shape index (κ3) is 5.14. The zero-order valence-electron chi connectivity index (χ0n) is 13.3. The number of ether oxygens (including phenoxy) is 1. The second-order valence-electron chi connectivity index (χ2n) is 5.15. The summed E-state index contributed by atoms with van der Waals surface area (Å²) >= 11 is 0. The molecule has 2 rings (SSSR count). The Labute approximate surface area is 135 Å². The zero-order valence-corrected chi connectivity index (χ0v) is 13.3. The summed E-state index contributed by atoms with van der Waals surface area (Å²) in [5.74, 6) is -0.187. The van der Waals surface area contributed by atoms with Gasteiger partial charge in [-0.25, -0.2) is 0 Å². The SMILES string of the molecule is CCc1ccc(C(=O)NNC(=O)COc2ccc(C)cc2)cc1. The van der Waals surface area contributed by atoms with Crippen molar-refractivity contribution < 1.29 is 14.3 Å². The van der Waals surface area contributed by atoms with E-state index < -0.39 is 5.91 Å². The van der Waals surface area contributed by atoms with E-state index >= 15 is 0 Å². The van der Waals surface area contributed by atoms with E-state index in [0.29, 0.717) is 11.3 Å². The van der Waals surface area contributed by atoms with E-state index in [0.717, 1.165) is 17.5 Å². The van der Waals surface area contributed by atoms with Crippen LogP contribution < -0.4 is 15.6 Å². The average Bonchev–Trinajstić information content (AvgIpc) is 2.59. The molecule has 2 N–H and O–H groups in total. The molecule has 120 valence electrons. The molecule has 0 aromatic heterocycles. The van der Waals surface area contributed by atoms with Crippen LogP contribution in [0.25, 0.3) is 0 Å². The van der Waals surface area contributed by atoms with Crippen LogP contribution in [0.4, 0.5) is 0 Å². The molecule has 0 heterocycles. The lowest BCUT2D eigenvalue weighted by molar-refractivity contribution is -0.123. The molecule has 5 heteroatoms. The molecule has 0 aliphatic rings. The van der Waals surface area contributed by atoms with Gasteiger partial charge in [0.15, 0.2) is 6.61 Å². The molecule has 0 aliphatic heterocycles. The number of nitrogens with one attached hydrogen (secondary N) is 2. The van der Waals surface area contributed by atoms with Crippen molar-refractivity contribution in [3.05, 3.63) is 65.2 Å². The van der Waals surface area contributed by atoms with Crippen LogP contribution >= 0.6 is 0 Å². The summed E-state index contributed by atoms with van der Waals surface area (Å²) in [6.45, 7) is 3.85. The highest BCUT2D eigenvalue weighted by Gasteiger charge is 2.07. The van der Waals surface area contributed by atoms with Gasteiger partial charge in [-0.2, -0.15) is 0 Å². The van der Waals surface area contributed by atoms with E-state index in [9.17, 15) is 9.59 Å². The third-order valence-electron chi connectivity index (χ3n) is 3.33. The fraction of sp³-hybridized carbons (Fsp3) is 0.222. The minimum Gasteiger partial charge on any atom is -0.484 e. The maximum Gasteiger partial charge on any atom is 0.276 e. The van der Waals surface area contributed by atoms with Gasteiger partial charge in [-0.15, -0.1) is 0 Å². The van der Waals surface area contributed by atoms with Gasteiger partial charge in [0.25, 0.3) is 11.8 Å². The largest absolute Gasteiger partial charge is 0.484 e. The second kappa shape index (κ2) is 7.98. The molecular formula is C18H20N2O3. The molecule has 0 fully saturated rings. The molecule has 2 aromatic rings. The Morgan fingerprint density at radius 2 is 1.61 bits per heavy atom. The summed E-state index contributed by atoms with van der Waals surface area (Å²) in [7, 11) is 0. The standard InChI is InChI=1S/C18H20N2O3/c1-3-14-6-8-15(9-7-14)18(22)20-19-17(21)12-23-16-10-4-13(2)5-11-16/h4-11H,3,12H2,1-2H3,(H,19,21)(H,20,22). The van der Waals surface area contributed by atoms with Crippen molar-refractivity contribution in [1.29, 1.82) is 0 Å². The Morgan fingerprint density at radius 3 is 2.22 bits per heavy atom. The number of rotatable bonds is 5. The lowest BCUT2D eigenvalue weighted by atomic mass is 10.1. The van der Waals surface area contributed by atoms with Gasteiger partial charge in [0, 0.05) is 5.56 Å². The molecule has 0 atom stereocenters. The number of carbonyl (C=O) groups excluding carboxylic acids is 2. The van der Waals surface area contributed by atoms with Crippen molar-refractivity contribution >= 4 is 11.8 Å². The van der Waals surface area contributed by atoms with Gasteiger partial charge < -0.3 is 4.74 Å². The molecule has 0 aliphatic carbocycles. The Kier molecular flexibility index (Phi) is 5.74. The number of carbonyl (C=O) groups is 2. The topological polar surface area (TPSA) is 67.4 Å². The first-order valence-corrected chi connectivity index (χ1v) is 7.46. The first kappa shape index (κ1) is 16.5. The minimum atomic E-state index is -0.427. The summed E-state index contributed by atoms with van der Waals surface area (Å²) in [6, 6.07) is 14.6. The number of benzene rings is 2.